The third-order valence-corrected chi connectivity index (χ3v) is 9.79. The van der Waals surface area contributed by atoms with E-state index in [1.165, 1.54) is 103 Å². The summed E-state index contributed by atoms with van der Waals surface area (Å²) in [5, 5.41) is 2.88. The topological polar surface area (TPSA) is 102 Å². The summed E-state index contributed by atoms with van der Waals surface area (Å²) in [6.45, 7) is 11.3. The van der Waals surface area contributed by atoms with Crippen LogP contribution in [0.25, 0.3) is 0 Å². The number of carbonyl (C=O) groups is 4. The van der Waals surface area contributed by atoms with E-state index in [1.807, 2.05) is 13.0 Å². The van der Waals surface area contributed by atoms with E-state index in [0.29, 0.717) is 32.2 Å². The van der Waals surface area contributed by atoms with Crippen molar-refractivity contribution in [2.75, 3.05) is 32.8 Å². The molecule has 0 aromatic rings. The number of esters is 2. The quantitative estimate of drug-likeness (QED) is 0.0290. The minimum absolute atomic E-state index is 0.0468. The van der Waals surface area contributed by atoms with E-state index in [4.69, 9.17) is 9.47 Å². The summed E-state index contributed by atoms with van der Waals surface area (Å²) in [4.78, 5) is 51.7. The Morgan fingerprint density at radius 3 is 1.37 bits per heavy atom. The molecule has 0 aliphatic rings. The van der Waals surface area contributed by atoms with Gasteiger partial charge in [0.15, 0.2) is 0 Å². The lowest BCUT2D eigenvalue weighted by Gasteiger charge is -2.22. The van der Waals surface area contributed by atoms with Crippen molar-refractivity contribution in [3.8, 4) is 0 Å². The number of hydrogen-bond donors (Lipinski definition) is 1. The van der Waals surface area contributed by atoms with Gasteiger partial charge in [-0.05, 0) is 38.2 Å². The normalized spacial score (nSPS) is 11.5. The largest absolute Gasteiger partial charge is 0.464 e. The van der Waals surface area contributed by atoms with Crippen LogP contribution < -0.4 is 5.32 Å². The minimum atomic E-state index is -0.222. The lowest BCUT2D eigenvalue weighted by molar-refractivity contribution is -0.147. The summed E-state index contributed by atoms with van der Waals surface area (Å²) in [6, 6.07) is 0. The second kappa shape index (κ2) is 39.8. The highest BCUT2D eigenvalue weighted by Crippen LogP contribution is 2.14. The molecule has 0 aliphatic carbocycles. The number of ether oxygens (including phenoxy) is 2. The molecule has 0 aromatic carbocycles. The molecule has 0 fully saturated rings. The van der Waals surface area contributed by atoms with Crippen molar-refractivity contribution in [3.63, 3.8) is 0 Å². The van der Waals surface area contributed by atoms with Crippen LogP contribution in [0.4, 0.5) is 0 Å². The van der Waals surface area contributed by atoms with Crippen molar-refractivity contribution >= 4 is 23.8 Å². The summed E-state index contributed by atoms with van der Waals surface area (Å²) in [5.74, 6) is -0.630. The first kappa shape index (κ1) is 51.1. The van der Waals surface area contributed by atoms with E-state index in [9.17, 15) is 19.2 Å². The van der Waals surface area contributed by atoms with Crippen LogP contribution in [0.15, 0.2) is 36.5 Å². The van der Waals surface area contributed by atoms with Gasteiger partial charge in [0.1, 0.15) is 13.2 Å². The molecule has 0 saturated heterocycles. The lowest BCUT2D eigenvalue weighted by atomic mass is 10.1. The molecule has 0 radical (unpaired) electrons. The standard InChI is InChI=1S/C46H82N2O6/c1-5-8-11-13-15-17-19-21-23-25-29-34-45(51)53-39-37-48(44(50)33-28-27-31-36-47-43(49)41-42(4)32-10-7-3)38-40-54-46(52)35-30-26-24-22-20-18-16-14-12-9-6-2/h7,10,32,41H,3,5-6,8-9,11-31,33-40H2,1-2,4H3,(H,47,49)/b32-10+,42-41+. The average Bonchev–Trinajstić information content (AvgIpc) is 3.15. The van der Waals surface area contributed by atoms with Gasteiger partial charge in [-0.25, -0.2) is 0 Å². The first-order chi connectivity index (χ1) is 26.3. The van der Waals surface area contributed by atoms with Crippen LogP contribution in [-0.4, -0.2) is 61.5 Å². The van der Waals surface area contributed by atoms with Gasteiger partial charge in [-0.3, -0.25) is 19.2 Å². The summed E-state index contributed by atoms with van der Waals surface area (Å²) in [7, 11) is 0. The average molecular weight is 759 g/mol. The molecule has 8 heteroatoms. The molecule has 0 unspecified atom stereocenters. The summed E-state index contributed by atoms with van der Waals surface area (Å²) in [6.07, 6.45) is 37.2. The molecule has 8 nitrogen and oxygen atoms in total. The fourth-order valence-corrected chi connectivity index (χ4v) is 6.39. The number of nitrogens with zero attached hydrogens (tertiary/aromatic N) is 1. The molecule has 54 heavy (non-hydrogen) atoms. The number of unbranched alkanes of at least 4 members (excludes halogenated alkanes) is 22. The van der Waals surface area contributed by atoms with Crippen molar-refractivity contribution in [3.05, 3.63) is 36.5 Å². The Labute approximate surface area is 331 Å². The summed E-state index contributed by atoms with van der Waals surface area (Å²) < 4.78 is 11.0. The minimum Gasteiger partial charge on any atom is -0.464 e. The van der Waals surface area contributed by atoms with Gasteiger partial charge in [0.2, 0.25) is 11.8 Å². The smallest absolute Gasteiger partial charge is 0.305 e. The molecule has 0 rings (SSSR count). The molecule has 1 N–H and O–H groups in total. The van der Waals surface area contributed by atoms with Gasteiger partial charge in [-0.2, -0.15) is 0 Å². The Morgan fingerprint density at radius 1 is 0.556 bits per heavy atom. The molecule has 0 spiro atoms. The Kier molecular flexibility index (Phi) is 37.6. The molecule has 0 aliphatic heterocycles. The number of hydrogen-bond acceptors (Lipinski definition) is 6. The molecular weight excluding hydrogens is 677 g/mol. The maximum atomic E-state index is 13.2. The molecular formula is C46H82N2O6. The number of allylic oxidation sites excluding steroid dienone is 4. The van der Waals surface area contributed by atoms with Gasteiger partial charge in [0.25, 0.3) is 0 Å². The first-order valence-corrected chi connectivity index (χ1v) is 22.2. The molecule has 2 amide bonds. The molecule has 0 saturated carbocycles. The van der Waals surface area contributed by atoms with Crippen molar-refractivity contribution < 1.29 is 28.7 Å². The molecule has 0 heterocycles. The lowest BCUT2D eigenvalue weighted by Crippen LogP contribution is -2.37. The van der Waals surface area contributed by atoms with E-state index in [0.717, 1.165) is 56.9 Å². The van der Waals surface area contributed by atoms with Crippen LogP contribution in [0.5, 0.6) is 0 Å². The second-order valence-electron chi connectivity index (χ2n) is 15.0. The fraction of sp³-hybridized carbons (Fsp3) is 0.783. The molecule has 0 bridgehead atoms. The Balaban J connectivity index is 4.48. The Bertz CT molecular complexity index is 963. The monoisotopic (exact) mass is 759 g/mol. The van der Waals surface area contributed by atoms with Gasteiger partial charge in [0, 0.05) is 31.9 Å². The van der Waals surface area contributed by atoms with Gasteiger partial charge < -0.3 is 19.7 Å². The number of rotatable bonds is 39. The van der Waals surface area contributed by atoms with Crippen molar-refractivity contribution in [1.82, 2.24) is 10.2 Å². The number of carbonyl (C=O) groups excluding carboxylic acids is 4. The van der Waals surface area contributed by atoms with Crippen LogP contribution in [-0.2, 0) is 28.7 Å². The van der Waals surface area contributed by atoms with Gasteiger partial charge in [-0.15, -0.1) is 0 Å². The van der Waals surface area contributed by atoms with E-state index < -0.39 is 0 Å². The van der Waals surface area contributed by atoms with Crippen molar-refractivity contribution in [2.24, 2.45) is 0 Å². The molecule has 0 aromatic heterocycles. The molecule has 0 atom stereocenters. The highest BCUT2D eigenvalue weighted by atomic mass is 16.5. The van der Waals surface area contributed by atoms with Crippen LogP contribution in [0.3, 0.4) is 0 Å². The highest BCUT2D eigenvalue weighted by Gasteiger charge is 2.15. The van der Waals surface area contributed by atoms with E-state index in [1.54, 1.807) is 23.1 Å². The number of amides is 2. The van der Waals surface area contributed by atoms with E-state index >= 15 is 0 Å². The molecule has 312 valence electrons. The van der Waals surface area contributed by atoms with Crippen LogP contribution >= 0.6 is 0 Å². The predicted octanol–water partition coefficient (Wildman–Crippen LogP) is 11.7. The zero-order chi connectivity index (χ0) is 39.7. The maximum absolute atomic E-state index is 13.2. The van der Waals surface area contributed by atoms with Crippen LogP contribution in [0.1, 0.15) is 201 Å². The zero-order valence-corrected chi connectivity index (χ0v) is 35.2. The predicted molar refractivity (Wildman–Crippen MR) is 225 cm³/mol. The summed E-state index contributed by atoms with van der Waals surface area (Å²) >= 11 is 0. The first-order valence-electron chi connectivity index (χ1n) is 22.2. The highest BCUT2D eigenvalue weighted by molar-refractivity contribution is 5.88. The zero-order valence-electron chi connectivity index (χ0n) is 35.2. The SMILES string of the molecule is C=C/C=C/C(C)=C/C(=O)NCCCCCC(=O)N(CCOC(=O)CCCCCCCCCCCCC)CCOC(=O)CCCCCCCCCCCCC. The third kappa shape index (κ3) is 36.1. The van der Waals surface area contributed by atoms with Crippen LogP contribution in [0, 0.1) is 0 Å². The Morgan fingerprint density at radius 2 is 0.944 bits per heavy atom. The van der Waals surface area contributed by atoms with Crippen LogP contribution in [0.2, 0.25) is 0 Å². The Hall–Kier alpha value is -2.90. The summed E-state index contributed by atoms with van der Waals surface area (Å²) in [5.41, 5.74) is 0.845. The fourth-order valence-electron chi connectivity index (χ4n) is 6.39. The van der Waals surface area contributed by atoms with Gasteiger partial charge in [0.05, 0.1) is 13.1 Å². The maximum Gasteiger partial charge on any atom is 0.305 e. The third-order valence-electron chi connectivity index (χ3n) is 9.79. The van der Waals surface area contributed by atoms with E-state index in [2.05, 4.69) is 25.7 Å². The van der Waals surface area contributed by atoms with E-state index in [-0.39, 0.29) is 50.1 Å². The number of nitrogens with one attached hydrogen (secondary N) is 1. The van der Waals surface area contributed by atoms with Gasteiger partial charge >= 0.3 is 11.9 Å². The van der Waals surface area contributed by atoms with Crippen molar-refractivity contribution in [2.45, 2.75) is 201 Å². The van der Waals surface area contributed by atoms with Crippen molar-refractivity contribution in [1.29, 1.82) is 0 Å². The second-order valence-corrected chi connectivity index (χ2v) is 15.0. The van der Waals surface area contributed by atoms with Gasteiger partial charge in [-0.1, -0.05) is 173 Å².